The summed E-state index contributed by atoms with van der Waals surface area (Å²) in [6.45, 7) is 9.09. The largest absolute Gasteiger partial charge is 0.465 e. The van der Waals surface area contributed by atoms with E-state index >= 15 is 0 Å². The van der Waals surface area contributed by atoms with Gasteiger partial charge in [-0.2, -0.15) is 0 Å². The van der Waals surface area contributed by atoms with E-state index in [0.29, 0.717) is 6.61 Å². The number of esters is 1. The van der Waals surface area contributed by atoms with Crippen LogP contribution in [-0.2, 0) is 16.1 Å². The second-order valence-corrected chi connectivity index (χ2v) is 6.81. The summed E-state index contributed by atoms with van der Waals surface area (Å²) < 4.78 is 7.48. The molecule has 0 aliphatic heterocycles. The maximum absolute atomic E-state index is 12.0. The number of hydrogen-bond donors (Lipinski definition) is 0. The van der Waals surface area contributed by atoms with E-state index in [9.17, 15) is 4.79 Å². The van der Waals surface area contributed by atoms with Gasteiger partial charge < -0.3 is 9.30 Å². The number of hydrogen-bond acceptors (Lipinski definition) is 2. The van der Waals surface area contributed by atoms with Gasteiger partial charge in [-0.15, -0.1) is 0 Å². The quantitative estimate of drug-likeness (QED) is 0.583. The number of ether oxygens (including phenoxy) is 1. The molecule has 0 amide bonds. The number of benzene rings is 2. The van der Waals surface area contributed by atoms with Crippen molar-refractivity contribution in [3.05, 3.63) is 54.1 Å². The van der Waals surface area contributed by atoms with Crippen LogP contribution < -0.4 is 0 Å². The van der Waals surface area contributed by atoms with Crippen molar-refractivity contribution < 1.29 is 9.53 Å². The van der Waals surface area contributed by atoms with E-state index in [2.05, 4.69) is 54.0 Å². The standard InChI is InChI=1S/C22H25NO2/c1-5-23-19-10-8-7-9-17(19)18-15-16(11-12-20(18)23)13-14-22(3,4)21(24)25-6-2/h7-15H,5-6H2,1-4H3/b14-13+. The van der Waals surface area contributed by atoms with Crippen molar-refractivity contribution in [3.63, 3.8) is 0 Å². The molecule has 0 unspecified atom stereocenters. The first-order chi connectivity index (χ1) is 12.0. The number of nitrogens with zero attached hydrogens (tertiary/aromatic N) is 1. The molecule has 0 aliphatic carbocycles. The molecular formula is C22H25NO2. The second-order valence-electron chi connectivity index (χ2n) is 6.81. The van der Waals surface area contributed by atoms with Crippen LogP contribution in [0.15, 0.2) is 48.5 Å². The number of aryl methyl sites for hydroxylation is 1. The third-order valence-corrected chi connectivity index (χ3v) is 4.61. The molecular weight excluding hydrogens is 310 g/mol. The minimum atomic E-state index is -0.637. The Labute approximate surface area is 148 Å². The minimum Gasteiger partial charge on any atom is -0.465 e. The number of carbonyl (C=O) groups excluding carboxylic acids is 1. The van der Waals surface area contributed by atoms with Crippen LogP contribution in [0.25, 0.3) is 27.9 Å². The maximum atomic E-state index is 12.0. The highest BCUT2D eigenvalue weighted by atomic mass is 16.5. The molecule has 3 aromatic rings. The lowest BCUT2D eigenvalue weighted by Crippen LogP contribution is -2.24. The van der Waals surface area contributed by atoms with Gasteiger partial charge in [-0.05, 0) is 51.5 Å². The number of rotatable bonds is 5. The van der Waals surface area contributed by atoms with E-state index < -0.39 is 5.41 Å². The number of para-hydroxylation sites is 1. The maximum Gasteiger partial charge on any atom is 0.315 e. The number of aromatic nitrogens is 1. The van der Waals surface area contributed by atoms with Crippen LogP contribution in [-0.4, -0.2) is 17.1 Å². The molecule has 0 N–H and O–H groups in total. The van der Waals surface area contributed by atoms with Gasteiger partial charge in [0.2, 0.25) is 0 Å². The Balaban J connectivity index is 2.03. The Morgan fingerprint density at radius 2 is 1.80 bits per heavy atom. The molecule has 0 aliphatic rings. The zero-order chi connectivity index (χ0) is 18.0. The average molecular weight is 335 g/mol. The van der Waals surface area contributed by atoms with Crippen molar-refractivity contribution in [1.82, 2.24) is 4.57 Å². The van der Waals surface area contributed by atoms with Gasteiger partial charge in [-0.25, -0.2) is 0 Å². The fraction of sp³-hybridized carbons (Fsp3) is 0.318. The van der Waals surface area contributed by atoms with Crippen LogP contribution in [0.3, 0.4) is 0 Å². The summed E-state index contributed by atoms with van der Waals surface area (Å²) in [5.41, 5.74) is 2.95. The molecule has 0 bridgehead atoms. The fourth-order valence-corrected chi connectivity index (χ4v) is 3.21. The molecule has 3 heteroatoms. The first-order valence-electron chi connectivity index (χ1n) is 8.85. The number of carbonyl (C=O) groups is 1. The lowest BCUT2D eigenvalue weighted by Gasteiger charge is -2.17. The van der Waals surface area contributed by atoms with Crippen LogP contribution >= 0.6 is 0 Å². The van der Waals surface area contributed by atoms with Gasteiger partial charge in [0.05, 0.1) is 12.0 Å². The summed E-state index contributed by atoms with van der Waals surface area (Å²) in [6, 6.07) is 14.9. The summed E-state index contributed by atoms with van der Waals surface area (Å²) in [5, 5.41) is 2.51. The Bertz CT molecular complexity index is 947. The van der Waals surface area contributed by atoms with Crippen LogP contribution in [0.5, 0.6) is 0 Å². The van der Waals surface area contributed by atoms with Gasteiger partial charge >= 0.3 is 5.97 Å². The molecule has 0 atom stereocenters. The lowest BCUT2D eigenvalue weighted by atomic mass is 9.92. The first-order valence-corrected chi connectivity index (χ1v) is 8.85. The number of fused-ring (bicyclic) bond motifs is 3. The highest BCUT2D eigenvalue weighted by Crippen LogP contribution is 2.30. The molecule has 0 saturated heterocycles. The summed E-state index contributed by atoms with van der Waals surface area (Å²) in [7, 11) is 0. The van der Waals surface area contributed by atoms with E-state index in [-0.39, 0.29) is 5.97 Å². The van der Waals surface area contributed by atoms with Gasteiger partial charge in [-0.1, -0.05) is 36.4 Å². The molecule has 0 fully saturated rings. The normalized spacial score (nSPS) is 12.3. The second kappa shape index (κ2) is 6.75. The zero-order valence-corrected chi connectivity index (χ0v) is 15.4. The predicted molar refractivity (Wildman–Crippen MR) is 105 cm³/mol. The van der Waals surface area contributed by atoms with Crippen molar-refractivity contribution in [2.24, 2.45) is 5.41 Å². The van der Waals surface area contributed by atoms with Crippen LogP contribution in [0.4, 0.5) is 0 Å². The molecule has 2 aromatic carbocycles. The first kappa shape index (κ1) is 17.3. The van der Waals surface area contributed by atoms with E-state index in [1.165, 1.54) is 21.8 Å². The Kier molecular flexibility index (Phi) is 4.67. The van der Waals surface area contributed by atoms with Crippen molar-refractivity contribution in [3.8, 4) is 0 Å². The molecule has 1 aromatic heterocycles. The molecule has 130 valence electrons. The van der Waals surface area contributed by atoms with Gasteiger partial charge in [-0.3, -0.25) is 4.79 Å². The average Bonchev–Trinajstić information content (AvgIpc) is 2.93. The Hall–Kier alpha value is -2.55. The van der Waals surface area contributed by atoms with Crippen LogP contribution in [0.1, 0.15) is 33.3 Å². The molecule has 3 nitrogen and oxygen atoms in total. The molecule has 1 heterocycles. The third-order valence-electron chi connectivity index (χ3n) is 4.61. The van der Waals surface area contributed by atoms with Crippen molar-refractivity contribution in [2.75, 3.05) is 6.61 Å². The van der Waals surface area contributed by atoms with Crippen molar-refractivity contribution in [1.29, 1.82) is 0 Å². The third kappa shape index (κ3) is 3.19. The highest BCUT2D eigenvalue weighted by molar-refractivity contribution is 6.08. The SMILES string of the molecule is CCOC(=O)C(C)(C)/C=C/c1ccc2c(c1)c1ccccc1n2CC. The Morgan fingerprint density at radius 3 is 2.52 bits per heavy atom. The summed E-state index contributed by atoms with van der Waals surface area (Å²) >= 11 is 0. The van der Waals surface area contributed by atoms with E-state index in [0.717, 1.165) is 12.1 Å². The fourth-order valence-electron chi connectivity index (χ4n) is 3.21. The summed E-state index contributed by atoms with van der Waals surface area (Å²) in [5.74, 6) is -0.199. The van der Waals surface area contributed by atoms with Crippen LogP contribution in [0.2, 0.25) is 0 Å². The van der Waals surface area contributed by atoms with Gasteiger partial charge in [0.25, 0.3) is 0 Å². The molecule has 0 saturated carbocycles. The van der Waals surface area contributed by atoms with Gasteiger partial charge in [0.15, 0.2) is 0 Å². The van der Waals surface area contributed by atoms with Crippen LogP contribution in [0, 0.1) is 5.41 Å². The van der Waals surface area contributed by atoms with E-state index in [1.807, 2.05) is 32.9 Å². The monoisotopic (exact) mass is 335 g/mol. The molecule has 0 radical (unpaired) electrons. The molecule has 25 heavy (non-hydrogen) atoms. The summed E-state index contributed by atoms with van der Waals surface area (Å²) in [6.07, 6.45) is 3.93. The topological polar surface area (TPSA) is 31.2 Å². The summed E-state index contributed by atoms with van der Waals surface area (Å²) in [4.78, 5) is 12.0. The van der Waals surface area contributed by atoms with E-state index in [4.69, 9.17) is 4.74 Å². The highest BCUT2D eigenvalue weighted by Gasteiger charge is 2.25. The van der Waals surface area contributed by atoms with Gasteiger partial charge in [0, 0.05) is 28.4 Å². The predicted octanol–water partition coefficient (Wildman–Crippen LogP) is 5.42. The Morgan fingerprint density at radius 1 is 1.08 bits per heavy atom. The van der Waals surface area contributed by atoms with Crippen molar-refractivity contribution in [2.45, 2.75) is 34.2 Å². The lowest BCUT2D eigenvalue weighted by molar-refractivity contribution is -0.150. The minimum absolute atomic E-state index is 0.199. The molecule has 3 rings (SSSR count). The zero-order valence-electron chi connectivity index (χ0n) is 15.4. The van der Waals surface area contributed by atoms with Gasteiger partial charge in [0.1, 0.15) is 0 Å². The van der Waals surface area contributed by atoms with Crippen molar-refractivity contribution >= 4 is 33.9 Å². The molecule has 0 spiro atoms. The smallest absolute Gasteiger partial charge is 0.315 e. The van der Waals surface area contributed by atoms with E-state index in [1.54, 1.807) is 0 Å².